The van der Waals surface area contributed by atoms with Crippen molar-refractivity contribution in [2.24, 2.45) is 0 Å². The third-order valence-electron chi connectivity index (χ3n) is 3.15. The van der Waals surface area contributed by atoms with Crippen LogP contribution >= 0.6 is 0 Å². The summed E-state index contributed by atoms with van der Waals surface area (Å²) in [5.74, 6) is -19.5. The first-order valence-corrected chi connectivity index (χ1v) is 7.70. The van der Waals surface area contributed by atoms with E-state index in [1.807, 2.05) is 0 Å². The van der Waals surface area contributed by atoms with E-state index in [1.165, 1.54) is 0 Å². The molecule has 0 N–H and O–H groups in total. The Hall–Kier alpha value is -0.533. The minimum atomic E-state index is -6.74. The molecular weight excluding hydrogens is 367 g/mol. The van der Waals surface area contributed by atoms with Crippen molar-refractivity contribution < 1.29 is 52.8 Å². The molecule has 0 bridgehead atoms. The molecule has 0 aromatic rings. The van der Waals surface area contributed by atoms with E-state index in [1.54, 1.807) is 0 Å². The van der Waals surface area contributed by atoms with E-state index in [2.05, 4.69) is 13.3 Å². The van der Waals surface area contributed by atoms with Gasteiger partial charge in [-0.1, -0.05) is 6.92 Å². The molecule has 0 aliphatic carbocycles. The third kappa shape index (κ3) is 2.96. The Morgan fingerprint density at radius 3 is 1.39 bits per heavy atom. The standard InChI is InChI=1S/C10H15F9O3Si/c1-5-6(11)7(12,13)8(14,15)9(16,17)10(18,19)23(20-2,21-3)22-4/h6H,5H2,1-4H3. The summed E-state index contributed by atoms with van der Waals surface area (Å²) in [5.41, 5.74) is -5.97. The van der Waals surface area contributed by atoms with Gasteiger partial charge in [-0.25, -0.2) is 4.39 Å². The van der Waals surface area contributed by atoms with Gasteiger partial charge in [-0.05, 0) is 6.42 Å². The van der Waals surface area contributed by atoms with Gasteiger partial charge in [-0.2, -0.15) is 35.1 Å². The van der Waals surface area contributed by atoms with E-state index in [0.29, 0.717) is 28.3 Å². The van der Waals surface area contributed by atoms with Crippen LogP contribution in [0.15, 0.2) is 0 Å². The molecule has 0 amide bonds. The van der Waals surface area contributed by atoms with Gasteiger partial charge in [-0.15, -0.1) is 0 Å². The molecule has 0 rings (SSSR count). The molecule has 0 spiro atoms. The van der Waals surface area contributed by atoms with Crippen LogP contribution < -0.4 is 0 Å². The van der Waals surface area contributed by atoms with E-state index < -0.39 is 44.7 Å². The Morgan fingerprint density at radius 1 is 0.783 bits per heavy atom. The summed E-state index contributed by atoms with van der Waals surface area (Å²) in [7, 11) is -4.66. The highest BCUT2D eigenvalue weighted by Crippen LogP contribution is 2.56. The van der Waals surface area contributed by atoms with E-state index >= 15 is 0 Å². The predicted octanol–water partition coefficient (Wildman–Crippen LogP) is 3.69. The lowest BCUT2D eigenvalue weighted by atomic mass is 9.99. The first-order chi connectivity index (χ1) is 10.2. The minimum Gasteiger partial charge on any atom is -0.373 e. The molecule has 1 atom stereocenters. The van der Waals surface area contributed by atoms with Gasteiger partial charge >= 0.3 is 32.1 Å². The van der Waals surface area contributed by atoms with Gasteiger partial charge in [0.15, 0.2) is 6.17 Å². The van der Waals surface area contributed by atoms with Gasteiger partial charge in [0.25, 0.3) is 0 Å². The van der Waals surface area contributed by atoms with Crippen LogP contribution in [0.25, 0.3) is 0 Å². The van der Waals surface area contributed by atoms with Crippen molar-refractivity contribution in [1.82, 2.24) is 0 Å². The Bertz CT molecular complexity index is 393. The number of hydrogen-bond donors (Lipinski definition) is 0. The highest BCUT2D eigenvalue weighted by molar-refractivity contribution is 6.63. The van der Waals surface area contributed by atoms with Crippen molar-refractivity contribution in [2.75, 3.05) is 21.3 Å². The van der Waals surface area contributed by atoms with Crippen LogP contribution in [0.1, 0.15) is 13.3 Å². The van der Waals surface area contributed by atoms with Gasteiger partial charge in [0.2, 0.25) is 0 Å². The predicted molar refractivity (Wildman–Crippen MR) is 61.8 cm³/mol. The summed E-state index contributed by atoms with van der Waals surface area (Å²) in [6, 6.07) is 0. The summed E-state index contributed by atoms with van der Waals surface area (Å²) in [5, 5.41) is 0. The Labute approximate surface area is 127 Å². The molecule has 3 nitrogen and oxygen atoms in total. The maximum absolute atomic E-state index is 13.9. The van der Waals surface area contributed by atoms with Gasteiger partial charge in [-0.3, -0.25) is 0 Å². The van der Waals surface area contributed by atoms with Crippen molar-refractivity contribution in [1.29, 1.82) is 0 Å². The quantitative estimate of drug-likeness (QED) is 0.450. The molecule has 0 heterocycles. The van der Waals surface area contributed by atoms with E-state index in [-0.39, 0.29) is 0 Å². The maximum atomic E-state index is 13.9. The molecule has 0 radical (unpaired) electrons. The SMILES string of the molecule is CCC(F)C(F)(F)C(F)(F)C(F)(F)C(F)(F)[Si](OC)(OC)OC. The zero-order valence-electron chi connectivity index (χ0n) is 12.4. The fourth-order valence-corrected chi connectivity index (χ4v) is 3.50. The van der Waals surface area contributed by atoms with Gasteiger partial charge in [0.1, 0.15) is 0 Å². The fraction of sp³-hybridized carbons (Fsp3) is 1.00. The molecule has 0 aliphatic heterocycles. The number of halogens is 9. The lowest BCUT2D eigenvalue weighted by Crippen LogP contribution is -2.74. The molecule has 0 saturated carbocycles. The fourth-order valence-electron chi connectivity index (χ4n) is 1.69. The van der Waals surface area contributed by atoms with Crippen LogP contribution in [0.5, 0.6) is 0 Å². The van der Waals surface area contributed by atoms with Gasteiger partial charge in [0.05, 0.1) is 0 Å². The highest BCUT2D eigenvalue weighted by Gasteiger charge is 2.89. The molecule has 140 valence electrons. The average Bonchev–Trinajstić information content (AvgIpc) is 2.47. The summed E-state index contributed by atoms with van der Waals surface area (Å²) in [4.78, 5) is 0. The first-order valence-electron chi connectivity index (χ1n) is 5.97. The monoisotopic (exact) mass is 382 g/mol. The lowest BCUT2D eigenvalue weighted by molar-refractivity contribution is -0.367. The Balaban J connectivity index is 6.22. The lowest BCUT2D eigenvalue weighted by Gasteiger charge is -2.41. The van der Waals surface area contributed by atoms with Crippen LogP contribution in [-0.4, -0.2) is 59.6 Å². The first kappa shape index (κ1) is 22.5. The molecule has 0 saturated heterocycles. The number of rotatable bonds is 9. The van der Waals surface area contributed by atoms with E-state index in [4.69, 9.17) is 0 Å². The summed E-state index contributed by atoms with van der Waals surface area (Å²) >= 11 is 0. The molecule has 1 unspecified atom stereocenters. The average molecular weight is 382 g/mol. The largest absolute Gasteiger partial charge is 0.581 e. The molecular formula is C10H15F9O3Si. The minimum absolute atomic E-state index is 0.392. The van der Waals surface area contributed by atoms with Crippen molar-refractivity contribution in [2.45, 2.75) is 42.8 Å². The molecule has 13 heteroatoms. The van der Waals surface area contributed by atoms with Gasteiger partial charge in [0, 0.05) is 21.3 Å². The molecule has 0 aromatic heterocycles. The zero-order valence-corrected chi connectivity index (χ0v) is 13.4. The molecule has 0 fully saturated rings. The second kappa shape index (κ2) is 6.76. The van der Waals surface area contributed by atoms with Crippen LogP contribution in [0.3, 0.4) is 0 Å². The molecule has 0 aromatic carbocycles. The second-order valence-corrected chi connectivity index (χ2v) is 7.36. The smallest absolute Gasteiger partial charge is 0.373 e. The van der Waals surface area contributed by atoms with Crippen molar-refractivity contribution >= 4 is 8.80 Å². The normalized spacial score (nSPS) is 16.6. The van der Waals surface area contributed by atoms with E-state index in [9.17, 15) is 39.5 Å². The van der Waals surface area contributed by atoms with Crippen LogP contribution in [0, 0.1) is 0 Å². The number of alkyl halides is 9. The maximum Gasteiger partial charge on any atom is 0.581 e. The molecule has 0 aliphatic rings. The van der Waals surface area contributed by atoms with Crippen molar-refractivity contribution in [3.63, 3.8) is 0 Å². The topological polar surface area (TPSA) is 27.7 Å². The molecule has 23 heavy (non-hydrogen) atoms. The summed E-state index contributed by atoms with van der Waals surface area (Å²) < 4.78 is 134. The van der Waals surface area contributed by atoms with Crippen LogP contribution in [0.4, 0.5) is 39.5 Å². The Morgan fingerprint density at radius 2 is 1.13 bits per heavy atom. The van der Waals surface area contributed by atoms with Crippen LogP contribution in [-0.2, 0) is 13.3 Å². The van der Waals surface area contributed by atoms with Crippen molar-refractivity contribution in [3.8, 4) is 0 Å². The summed E-state index contributed by atoms with van der Waals surface area (Å²) in [6.07, 6.45) is -5.08. The van der Waals surface area contributed by atoms with E-state index in [0.717, 1.165) is 0 Å². The highest BCUT2D eigenvalue weighted by atomic mass is 28.4. The Kier molecular flexibility index (Phi) is 6.61. The summed E-state index contributed by atoms with van der Waals surface area (Å²) in [6.45, 7) is 0.656. The number of hydrogen-bond acceptors (Lipinski definition) is 3. The van der Waals surface area contributed by atoms with Gasteiger partial charge < -0.3 is 13.3 Å². The van der Waals surface area contributed by atoms with Crippen LogP contribution in [0.2, 0.25) is 0 Å². The third-order valence-corrected chi connectivity index (χ3v) is 5.85. The van der Waals surface area contributed by atoms with Crippen molar-refractivity contribution in [3.05, 3.63) is 0 Å². The second-order valence-electron chi connectivity index (χ2n) is 4.39. The zero-order chi connectivity index (χ0) is 18.9.